The molecule has 3 aromatic rings. The van der Waals surface area contributed by atoms with Crippen LogP contribution in [0.5, 0.6) is 5.75 Å². The van der Waals surface area contributed by atoms with Gasteiger partial charge in [0.25, 0.3) is 0 Å². The minimum atomic E-state index is -0.716. The number of rotatable bonds is 11. The van der Waals surface area contributed by atoms with Gasteiger partial charge < -0.3 is 19.5 Å². The Morgan fingerprint density at radius 1 is 1.31 bits per heavy atom. The zero-order valence-electron chi connectivity index (χ0n) is 23.0. The molecule has 4 rings (SSSR count). The fraction of sp³-hybridized carbons (Fsp3) is 0.433. The molecule has 1 N–H and O–H groups in total. The molecule has 0 amide bonds. The number of aromatic nitrogens is 1. The van der Waals surface area contributed by atoms with Crippen molar-refractivity contribution < 1.29 is 19.4 Å². The first-order chi connectivity index (χ1) is 18.8. The fourth-order valence-electron chi connectivity index (χ4n) is 4.93. The van der Waals surface area contributed by atoms with Crippen molar-refractivity contribution in [3.8, 4) is 23.1 Å². The molecule has 2 heterocycles. The average Bonchev–Trinajstić information content (AvgIpc) is 3.41. The van der Waals surface area contributed by atoms with Crippen LogP contribution in [0.1, 0.15) is 35.6 Å². The number of anilines is 1. The summed E-state index contributed by atoms with van der Waals surface area (Å²) in [6.45, 7) is 7.88. The first-order valence-electron chi connectivity index (χ1n) is 13.2. The van der Waals surface area contributed by atoms with E-state index in [2.05, 4.69) is 21.9 Å². The standard InChI is InChI=1S/C30H36N4O4S/c1-20-5-8-28(38-18-23-7-6-22(14-24(23)15-31)17-33(3)11-12-37-4)26(13-20)27-19-39-30(32-27)34-10-9-25(29(35)36)21(2)16-34/h5-8,13-14,19,21,25H,9-12,16-18H2,1-4H3,(H,35,36). The molecule has 8 nitrogen and oxygen atoms in total. The predicted octanol–water partition coefficient (Wildman–Crippen LogP) is 5.19. The molecule has 2 atom stereocenters. The third-order valence-corrected chi connectivity index (χ3v) is 8.11. The van der Waals surface area contributed by atoms with Gasteiger partial charge in [-0.1, -0.05) is 30.7 Å². The quantitative estimate of drug-likeness (QED) is 0.349. The number of hydrogen-bond donors (Lipinski definition) is 1. The summed E-state index contributed by atoms with van der Waals surface area (Å²) < 4.78 is 11.4. The smallest absolute Gasteiger partial charge is 0.306 e. The molecule has 39 heavy (non-hydrogen) atoms. The molecule has 9 heteroatoms. The largest absolute Gasteiger partial charge is 0.488 e. The van der Waals surface area contributed by atoms with E-state index >= 15 is 0 Å². The zero-order valence-corrected chi connectivity index (χ0v) is 23.8. The SMILES string of the molecule is COCCN(C)Cc1ccc(COc2ccc(C)cc2-c2csc(N3CCC(C(=O)O)C(C)C3)n2)c(C#N)c1. The van der Waals surface area contributed by atoms with Crippen LogP contribution in [0.25, 0.3) is 11.3 Å². The summed E-state index contributed by atoms with van der Waals surface area (Å²) in [4.78, 5) is 20.7. The lowest BCUT2D eigenvalue weighted by molar-refractivity contribution is -0.144. The highest BCUT2D eigenvalue weighted by molar-refractivity contribution is 7.14. The van der Waals surface area contributed by atoms with Gasteiger partial charge >= 0.3 is 5.97 Å². The minimum Gasteiger partial charge on any atom is -0.488 e. The normalized spacial score (nSPS) is 17.3. The number of benzene rings is 2. The molecule has 1 aliphatic heterocycles. The first kappa shape index (κ1) is 28.6. The van der Waals surface area contributed by atoms with Gasteiger partial charge in [-0.2, -0.15) is 5.26 Å². The second-order valence-electron chi connectivity index (χ2n) is 10.3. The van der Waals surface area contributed by atoms with Crippen molar-refractivity contribution in [1.29, 1.82) is 5.26 Å². The molecule has 0 saturated carbocycles. The van der Waals surface area contributed by atoms with Gasteiger partial charge in [-0.3, -0.25) is 9.69 Å². The number of aryl methyl sites for hydroxylation is 1. The van der Waals surface area contributed by atoms with Gasteiger partial charge in [0.05, 0.1) is 29.9 Å². The summed E-state index contributed by atoms with van der Waals surface area (Å²) in [5.41, 5.74) is 5.35. The number of methoxy groups -OCH3 is 1. The van der Waals surface area contributed by atoms with E-state index in [0.717, 1.165) is 46.2 Å². The number of thiazole rings is 1. The summed E-state index contributed by atoms with van der Waals surface area (Å²) in [5.74, 6) is -0.246. The van der Waals surface area contributed by atoms with Crippen LogP contribution in [0, 0.1) is 30.1 Å². The van der Waals surface area contributed by atoms with Gasteiger partial charge in [-0.15, -0.1) is 11.3 Å². The van der Waals surface area contributed by atoms with Crippen molar-refractivity contribution in [3.05, 3.63) is 64.0 Å². The number of carbonyl (C=O) groups is 1. The van der Waals surface area contributed by atoms with E-state index in [1.54, 1.807) is 18.4 Å². The lowest BCUT2D eigenvalue weighted by atomic mass is 9.87. The summed E-state index contributed by atoms with van der Waals surface area (Å²) in [6, 6.07) is 14.3. The summed E-state index contributed by atoms with van der Waals surface area (Å²) in [7, 11) is 3.72. The van der Waals surface area contributed by atoms with Crippen molar-refractivity contribution in [2.75, 3.05) is 45.3 Å². The Kier molecular flexibility index (Phi) is 9.57. The number of nitriles is 1. The second-order valence-corrected chi connectivity index (χ2v) is 11.1. The molecule has 1 saturated heterocycles. The van der Waals surface area contributed by atoms with E-state index in [1.807, 2.05) is 56.6 Å². The molecule has 0 aliphatic carbocycles. The Labute approximate surface area is 234 Å². The average molecular weight is 549 g/mol. The summed E-state index contributed by atoms with van der Waals surface area (Å²) in [6.07, 6.45) is 0.619. The van der Waals surface area contributed by atoms with Crippen molar-refractivity contribution in [3.63, 3.8) is 0 Å². The highest BCUT2D eigenvalue weighted by atomic mass is 32.1. The maximum absolute atomic E-state index is 11.5. The van der Waals surface area contributed by atoms with Crippen LogP contribution in [0.15, 0.2) is 41.8 Å². The number of carboxylic acids is 1. The lowest BCUT2D eigenvalue weighted by Gasteiger charge is -2.34. The lowest BCUT2D eigenvalue weighted by Crippen LogP contribution is -2.42. The number of aliphatic carboxylic acids is 1. The van der Waals surface area contributed by atoms with Crippen molar-refractivity contribution in [1.82, 2.24) is 9.88 Å². The minimum absolute atomic E-state index is 0.0629. The van der Waals surface area contributed by atoms with E-state index in [0.29, 0.717) is 37.4 Å². The molecule has 2 unspecified atom stereocenters. The molecule has 1 fully saturated rings. The molecular formula is C30H36N4O4S. The van der Waals surface area contributed by atoms with Crippen LogP contribution >= 0.6 is 11.3 Å². The van der Waals surface area contributed by atoms with Gasteiger partial charge in [-0.05, 0) is 50.1 Å². The van der Waals surface area contributed by atoms with Crippen molar-refractivity contribution >= 4 is 22.4 Å². The van der Waals surface area contributed by atoms with Crippen LogP contribution in [-0.2, 0) is 22.7 Å². The molecule has 0 spiro atoms. The Balaban J connectivity index is 1.48. The van der Waals surface area contributed by atoms with E-state index in [1.165, 1.54) is 0 Å². The highest BCUT2D eigenvalue weighted by Gasteiger charge is 2.32. The number of likely N-dealkylation sites (N-methyl/N-ethyl adjacent to an activating group) is 1. The number of ether oxygens (including phenoxy) is 2. The van der Waals surface area contributed by atoms with Crippen molar-refractivity contribution in [2.45, 2.75) is 33.4 Å². The number of nitrogens with zero attached hydrogens (tertiary/aromatic N) is 4. The second kappa shape index (κ2) is 13.1. The molecule has 1 aromatic heterocycles. The van der Waals surface area contributed by atoms with Crippen LogP contribution < -0.4 is 9.64 Å². The van der Waals surface area contributed by atoms with Crippen LogP contribution in [0.2, 0.25) is 0 Å². The molecule has 0 radical (unpaired) electrons. The van der Waals surface area contributed by atoms with Gasteiger partial charge in [0.1, 0.15) is 12.4 Å². The predicted molar refractivity (Wildman–Crippen MR) is 153 cm³/mol. The molecule has 206 valence electrons. The molecular weight excluding hydrogens is 512 g/mol. The Morgan fingerprint density at radius 3 is 2.85 bits per heavy atom. The number of piperidine rings is 1. The number of carboxylic acid groups (broad SMARTS) is 1. The van der Waals surface area contributed by atoms with Gasteiger partial charge in [0.15, 0.2) is 5.13 Å². The van der Waals surface area contributed by atoms with Gasteiger partial charge in [0, 0.05) is 49.8 Å². The first-order valence-corrected chi connectivity index (χ1v) is 14.0. The monoisotopic (exact) mass is 548 g/mol. The van der Waals surface area contributed by atoms with Crippen LogP contribution in [0.3, 0.4) is 0 Å². The third-order valence-electron chi connectivity index (χ3n) is 7.20. The van der Waals surface area contributed by atoms with Crippen molar-refractivity contribution in [2.24, 2.45) is 11.8 Å². The van der Waals surface area contributed by atoms with Gasteiger partial charge in [0.2, 0.25) is 0 Å². The summed E-state index contributed by atoms with van der Waals surface area (Å²) in [5, 5.41) is 22.2. The Morgan fingerprint density at radius 2 is 2.13 bits per heavy atom. The Hall–Kier alpha value is -3.45. The number of hydrogen-bond acceptors (Lipinski definition) is 8. The third kappa shape index (κ3) is 7.15. The molecule has 1 aliphatic rings. The van der Waals surface area contributed by atoms with E-state index in [4.69, 9.17) is 14.5 Å². The molecule has 0 bridgehead atoms. The van der Waals surface area contributed by atoms with Gasteiger partial charge in [-0.25, -0.2) is 4.98 Å². The summed E-state index contributed by atoms with van der Waals surface area (Å²) >= 11 is 1.57. The van der Waals surface area contributed by atoms with E-state index < -0.39 is 5.97 Å². The maximum atomic E-state index is 11.5. The topological polar surface area (TPSA) is 98.9 Å². The molecule has 2 aromatic carbocycles. The van der Waals surface area contributed by atoms with Crippen LogP contribution in [0.4, 0.5) is 5.13 Å². The maximum Gasteiger partial charge on any atom is 0.306 e. The highest BCUT2D eigenvalue weighted by Crippen LogP contribution is 2.36. The van der Waals surface area contributed by atoms with Crippen LogP contribution in [-0.4, -0.2) is 61.4 Å². The van der Waals surface area contributed by atoms with E-state index in [9.17, 15) is 15.2 Å². The Bertz CT molecular complexity index is 1330. The van der Waals surface area contributed by atoms with E-state index in [-0.39, 0.29) is 18.4 Å². The zero-order chi connectivity index (χ0) is 27.9. The fourth-order valence-corrected chi connectivity index (χ4v) is 5.80.